The van der Waals surface area contributed by atoms with Crippen molar-refractivity contribution in [3.63, 3.8) is 0 Å². The van der Waals surface area contributed by atoms with Gasteiger partial charge in [-0.25, -0.2) is 0 Å². The quantitative estimate of drug-likeness (QED) is 0.931. The van der Waals surface area contributed by atoms with Crippen LogP contribution in [0.15, 0.2) is 36.5 Å². The van der Waals surface area contributed by atoms with Crippen LogP contribution in [0.2, 0.25) is 0 Å². The molecule has 1 aliphatic rings. The number of anilines is 2. The Balaban J connectivity index is 1.92. The van der Waals surface area contributed by atoms with E-state index < -0.39 is 0 Å². The summed E-state index contributed by atoms with van der Waals surface area (Å²) in [6.45, 7) is 2.02. The first kappa shape index (κ1) is 12.8. The number of rotatable bonds is 3. The maximum atomic E-state index is 12.7. The third kappa shape index (κ3) is 2.29. The lowest BCUT2D eigenvalue weighted by molar-refractivity contribution is 0.0984. The van der Waals surface area contributed by atoms with Gasteiger partial charge >= 0.3 is 0 Å². The molecule has 104 valence electrons. The predicted octanol–water partition coefficient (Wildman–Crippen LogP) is 2.99. The first-order valence-electron chi connectivity index (χ1n) is 6.88. The summed E-state index contributed by atoms with van der Waals surface area (Å²) in [5.41, 5.74) is 9.22. The third-order valence-electron chi connectivity index (χ3n) is 3.72. The molecule has 0 radical (unpaired) electrons. The van der Waals surface area contributed by atoms with Crippen LogP contribution in [0.5, 0.6) is 0 Å². The highest BCUT2D eigenvalue weighted by Gasteiger charge is 2.29. The lowest BCUT2D eigenvalue weighted by atomic mass is 10.2. The van der Waals surface area contributed by atoms with Crippen LogP contribution in [0, 0.1) is 6.92 Å². The lowest BCUT2D eigenvalue weighted by Crippen LogP contribution is -2.28. The van der Waals surface area contributed by atoms with Crippen molar-refractivity contribution in [2.45, 2.75) is 25.8 Å². The zero-order chi connectivity index (χ0) is 14.3. The maximum Gasteiger partial charge on any atom is 0.274 e. The number of nitrogen functional groups attached to an aromatic ring is 1. The van der Waals surface area contributed by atoms with Gasteiger partial charge in [-0.05, 0) is 43.5 Å². The average molecular weight is 269 g/mol. The van der Waals surface area contributed by atoms with Gasteiger partial charge < -0.3 is 15.2 Å². The van der Waals surface area contributed by atoms with Gasteiger partial charge in [0.15, 0.2) is 0 Å². The SMILES string of the molecule is Cc1cccc(N(C)C(=O)c2cc(N)cn2C2CC2)c1. The molecule has 0 spiro atoms. The van der Waals surface area contributed by atoms with E-state index in [1.165, 1.54) is 0 Å². The summed E-state index contributed by atoms with van der Waals surface area (Å²) in [4.78, 5) is 14.4. The fourth-order valence-corrected chi connectivity index (χ4v) is 2.45. The Morgan fingerprint density at radius 3 is 2.75 bits per heavy atom. The summed E-state index contributed by atoms with van der Waals surface area (Å²) in [5, 5.41) is 0. The molecule has 0 atom stereocenters. The summed E-state index contributed by atoms with van der Waals surface area (Å²) in [6, 6.07) is 10.1. The summed E-state index contributed by atoms with van der Waals surface area (Å²) in [5.74, 6) is -0.0146. The van der Waals surface area contributed by atoms with Gasteiger partial charge in [-0.3, -0.25) is 4.79 Å². The Kier molecular flexibility index (Phi) is 3.01. The Bertz CT molecular complexity index is 655. The van der Waals surface area contributed by atoms with Crippen LogP contribution in [0.4, 0.5) is 11.4 Å². The Hall–Kier alpha value is -2.23. The number of hydrogen-bond donors (Lipinski definition) is 1. The topological polar surface area (TPSA) is 51.3 Å². The van der Waals surface area contributed by atoms with E-state index in [0.717, 1.165) is 24.1 Å². The van der Waals surface area contributed by atoms with Gasteiger partial charge in [0, 0.05) is 25.0 Å². The van der Waals surface area contributed by atoms with E-state index in [1.807, 2.05) is 42.0 Å². The molecule has 1 aromatic heterocycles. The summed E-state index contributed by atoms with van der Waals surface area (Å²) in [6.07, 6.45) is 4.13. The second-order valence-corrected chi connectivity index (χ2v) is 5.50. The minimum atomic E-state index is -0.0146. The van der Waals surface area contributed by atoms with E-state index in [0.29, 0.717) is 17.4 Å². The second-order valence-electron chi connectivity index (χ2n) is 5.50. The molecule has 1 fully saturated rings. The summed E-state index contributed by atoms with van der Waals surface area (Å²) in [7, 11) is 1.80. The van der Waals surface area contributed by atoms with Crippen molar-refractivity contribution < 1.29 is 4.79 Å². The fraction of sp³-hybridized carbons (Fsp3) is 0.312. The minimum Gasteiger partial charge on any atom is -0.397 e. The number of nitrogens with two attached hydrogens (primary N) is 1. The molecule has 2 N–H and O–H groups in total. The van der Waals surface area contributed by atoms with E-state index >= 15 is 0 Å². The van der Waals surface area contributed by atoms with Gasteiger partial charge in [0.25, 0.3) is 5.91 Å². The number of aromatic nitrogens is 1. The monoisotopic (exact) mass is 269 g/mol. The normalized spacial score (nSPS) is 14.3. The van der Waals surface area contributed by atoms with Crippen molar-refractivity contribution in [1.29, 1.82) is 0 Å². The van der Waals surface area contributed by atoms with Crippen LogP contribution in [0.25, 0.3) is 0 Å². The van der Waals surface area contributed by atoms with Gasteiger partial charge in [0.1, 0.15) is 5.69 Å². The molecule has 3 rings (SSSR count). The van der Waals surface area contributed by atoms with E-state index in [-0.39, 0.29) is 5.91 Å². The van der Waals surface area contributed by atoms with Crippen LogP contribution in [-0.4, -0.2) is 17.5 Å². The molecular weight excluding hydrogens is 250 g/mol. The molecule has 0 unspecified atom stereocenters. The molecule has 1 aliphatic carbocycles. The maximum absolute atomic E-state index is 12.7. The van der Waals surface area contributed by atoms with Crippen molar-refractivity contribution in [3.8, 4) is 0 Å². The molecular formula is C16H19N3O. The summed E-state index contributed by atoms with van der Waals surface area (Å²) < 4.78 is 2.02. The number of aryl methyl sites for hydroxylation is 1. The molecule has 1 saturated carbocycles. The lowest BCUT2D eigenvalue weighted by Gasteiger charge is -2.19. The third-order valence-corrected chi connectivity index (χ3v) is 3.72. The van der Waals surface area contributed by atoms with Crippen molar-refractivity contribution in [1.82, 2.24) is 4.57 Å². The highest BCUT2D eigenvalue weighted by molar-refractivity contribution is 6.05. The van der Waals surface area contributed by atoms with Crippen LogP contribution < -0.4 is 10.6 Å². The smallest absolute Gasteiger partial charge is 0.274 e. The zero-order valence-corrected chi connectivity index (χ0v) is 11.8. The van der Waals surface area contributed by atoms with Gasteiger partial charge in [0.2, 0.25) is 0 Å². The highest BCUT2D eigenvalue weighted by Crippen LogP contribution is 2.37. The molecule has 0 bridgehead atoms. The number of hydrogen-bond acceptors (Lipinski definition) is 2. The first-order valence-corrected chi connectivity index (χ1v) is 6.88. The van der Waals surface area contributed by atoms with Crippen LogP contribution in [0.1, 0.15) is 34.9 Å². The number of carbonyl (C=O) groups excluding carboxylic acids is 1. The highest BCUT2D eigenvalue weighted by atomic mass is 16.2. The molecule has 0 saturated heterocycles. The van der Waals surface area contributed by atoms with E-state index in [1.54, 1.807) is 18.0 Å². The first-order chi connectivity index (χ1) is 9.56. The Morgan fingerprint density at radius 2 is 2.10 bits per heavy atom. The van der Waals surface area contributed by atoms with Crippen molar-refractivity contribution >= 4 is 17.3 Å². The number of carbonyl (C=O) groups is 1. The Labute approximate surface area is 118 Å². The van der Waals surface area contributed by atoms with E-state index in [9.17, 15) is 4.79 Å². The number of amides is 1. The molecule has 1 heterocycles. The summed E-state index contributed by atoms with van der Waals surface area (Å²) >= 11 is 0. The zero-order valence-electron chi connectivity index (χ0n) is 11.8. The second kappa shape index (κ2) is 4.71. The molecule has 1 aromatic carbocycles. The molecule has 0 aliphatic heterocycles. The molecule has 4 nitrogen and oxygen atoms in total. The van der Waals surface area contributed by atoms with Crippen molar-refractivity contribution in [2.24, 2.45) is 0 Å². The van der Waals surface area contributed by atoms with E-state index in [4.69, 9.17) is 5.73 Å². The molecule has 20 heavy (non-hydrogen) atoms. The van der Waals surface area contributed by atoms with Crippen LogP contribution >= 0.6 is 0 Å². The largest absolute Gasteiger partial charge is 0.397 e. The predicted molar refractivity (Wildman–Crippen MR) is 81.0 cm³/mol. The molecule has 1 amide bonds. The number of benzene rings is 1. The van der Waals surface area contributed by atoms with Crippen molar-refractivity contribution in [2.75, 3.05) is 17.7 Å². The van der Waals surface area contributed by atoms with Crippen LogP contribution in [0.3, 0.4) is 0 Å². The van der Waals surface area contributed by atoms with E-state index in [2.05, 4.69) is 0 Å². The number of nitrogens with zero attached hydrogens (tertiary/aromatic N) is 2. The van der Waals surface area contributed by atoms with Gasteiger partial charge in [-0.2, -0.15) is 0 Å². The fourth-order valence-electron chi connectivity index (χ4n) is 2.45. The standard InChI is InChI=1S/C16H19N3O/c1-11-4-3-5-14(8-11)18(2)16(20)15-9-12(17)10-19(15)13-6-7-13/h3-5,8-10,13H,6-7,17H2,1-2H3. The van der Waals surface area contributed by atoms with Gasteiger partial charge in [-0.15, -0.1) is 0 Å². The van der Waals surface area contributed by atoms with Crippen LogP contribution in [-0.2, 0) is 0 Å². The molecule has 4 heteroatoms. The average Bonchev–Trinajstić information content (AvgIpc) is 3.20. The van der Waals surface area contributed by atoms with Crippen molar-refractivity contribution in [3.05, 3.63) is 47.8 Å². The molecule has 2 aromatic rings. The van der Waals surface area contributed by atoms with Gasteiger partial charge in [-0.1, -0.05) is 12.1 Å². The van der Waals surface area contributed by atoms with Gasteiger partial charge in [0.05, 0.1) is 5.69 Å². The Morgan fingerprint density at radius 1 is 1.35 bits per heavy atom. The minimum absolute atomic E-state index is 0.0146.